The van der Waals surface area contributed by atoms with Crippen molar-refractivity contribution in [1.29, 1.82) is 0 Å². The second-order valence-corrected chi connectivity index (χ2v) is 5.78. The summed E-state index contributed by atoms with van der Waals surface area (Å²) in [6.07, 6.45) is 0. The molecule has 1 nitrogen and oxygen atoms in total. The van der Waals surface area contributed by atoms with Crippen LogP contribution in [-0.4, -0.2) is 13.2 Å². The Bertz CT molecular complexity index is 402. The molecule has 0 bridgehead atoms. The minimum atomic E-state index is 0.0992. The molecule has 1 aliphatic heterocycles. The zero-order valence-corrected chi connectivity index (χ0v) is 10.3. The van der Waals surface area contributed by atoms with Gasteiger partial charge in [0.25, 0.3) is 0 Å². The van der Waals surface area contributed by atoms with Crippen LogP contribution in [0.4, 0.5) is 0 Å². The molecule has 0 spiro atoms. The first-order chi connectivity index (χ1) is 7.09. The summed E-state index contributed by atoms with van der Waals surface area (Å²) < 4.78 is 5.17. The zero-order chi connectivity index (χ0) is 10.9. The zero-order valence-electron chi connectivity index (χ0n) is 9.46. The molecule has 15 heavy (non-hydrogen) atoms. The Balaban J connectivity index is 2.10. The van der Waals surface area contributed by atoms with Gasteiger partial charge in [0.2, 0.25) is 0 Å². The first kappa shape index (κ1) is 10.7. The Kier molecular flexibility index (Phi) is 2.86. The molecule has 0 aliphatic carbocycles. The van der Waals surface area contributed by atoms with Gasteiger partial charge in [-0.15, -0.1) is 11.3 Å². The average Bonchev–Trinajstić information content (AvgIpc) is 2.60. The van der Waals surface area contributed by atoms with Gasteiger partial charge >= 0.3 is 0 Å². The molecule has 0 atom stereocenters. The van der Waals surface area contributed by atoms with Crippen LogP contribution >= 0.6 is 11.3 Å². The second kappa shape index (κ2) is 4.00. The van der Waals surface area contributed by atoms with Gasteiger partial charge < -0.3 is 4.74 Å². The maximum atomic E-state index is 5.17. The van der Waals surface area contributed by atoms with Gasteiger partial charge in [-0.3, -0.25) is 0 Å². The third-order valence-electron chi connectivity index (χ3n) is 2.52. The predicted octanol–water partition coefficient (Wildman–Crippen LogP) is 3.26. The van der Waals surface area contributed by atoms with E-state index in [1.807, 2.05) is 0 Å². The molecular weight excluding hydrogens is 204 g/mol. The molecule has 2 heterocycles. The highest BCUT2D eigenvalue weighted by Gasteiger charge is 2.31. The van der Waals surface area contributed by atoms with Crippen molar-refractivity contribution >= 4 is 11.3 Å². The van der Waals surface area contributed by atoms with Crippen LogP contribution in [0, 0.1) is 17.3 Å². The molecule has 0 amide bonds. The summed E-state index contributed by atoms with van der Waals surface area (Å²) in [6.45, 7) is 8.14. The fourth-order valence-corrected chi connectivity index (χ4v) is 2.29. The monoisotopic (exact) mass is 220 g/mol. The summed E-state index contributed by atoms with van der Waals surface area (Å²) in [5.74, 6) is 7.16. The molecule has 2 rings (SSSR count). The van der Waals surface area contributed by atoms with Crippen molar-refractivity contribution < 1.29 is 4.74 Å². The standard InChI is InChI=1S/C13H16OS/c1-10(2)12-5-4-11(15-12)6-7-13(3)8-14-9-13/h4-5,10H,8-9H2,1-3H3. The van der Waals surface area contributed by atoms with Crippen molar-refractivity contribution in [3.05, 3.63) is 21.9 Å². The van der Waals surface area contributed by atoms with Gasteiger partial charge in [-0.2, -0.15) is 0 Å². The molecule has 1 fully saturated rings. The maximum Gasteiger partial charge on any atom is 0.0771 e. The number of hydrogen-bond donors (Lipinski definition) is 0. The van der Waals surface area contributed by atoms with E-state index >= 15 is 0 Å². The summed E-state index contributed by atoms with van der Waals surface area (Å²) in [7, 11) is 0. The van der Waals surface area contributed by atoms with Crippen molar-refractivity contribution in [3.63, 3.8) is 0 Å². The van der Waals surface area contributed by atoms with Gasteiger partial charge in [0.15, 0.2) is 0 Å². The van der Waals surface area contributed by atoms with E-state index in [4.69, 9.17) is 4.74 Å². The lowest BCUT2D eigenvalue weighted by Gasteiger charge is -2.32. The molecule has 0 radical (unpaired) electrons. The molecular formula is C13H16OS. The predicted molar refractivity (Wildman–Crippen MR) is 64.2 cm³/mol. The van der Waals surface area contributed by atoms with E-state index in [-0.39, 0.29) is 5.41 Å². The minimum Gasteiger partial charge on any atom is -0.378 e. The van der Waals surface area contributed by atoms with E-state index in [9.17, 15) is 0 Å². The molecule has 0 aromatic carbocycles. The first-order valence-electron chi connectivity index (χ1n) is 5.30. The molecule has 1 aliphatic rings. The van der Waals surface area contributed by atoms with E-state index in [0.717, 1.165) is 13.2 Å². The molecule has 1 aromatic heterocycles. The summed E-state index contributed by atoms with van der Waals surface area (Å²) in [4.78, 5) is 2.58. The highest BCUT2D eigenvalue weighted by molar-refractivity contribution is 7.12. The van der Waals surface area contributed by atoms with Gasteiger partial charge in [-0.05, 0) is 25.0 Å². The molecule has 1 aromatic rings. The molecule has 80 valence electrons. The van der Waals surface area contributed by atoms with Crippen LogP contribution < -0.4 is 0 Å². The van der Waals surface area contributed by atoms with Crippen molar-refractivity contribution in [1.82, 2.24) is 0 Å². The molecule has 0 N–H and O–H groups in total. The van der Waals surface area contributed by atoms with Crippen LogP contribution in [0.2, 0.25) is 0 Å². The quantitative estimate of drug-likeness (QED) is 0.660. The van der Waals surface area contributed by atoms with E-state index in [1.165, 1.54) is 9.75 Å². The van der Waals surface area contributed by atoms with Gasteiger partial charge in [0.1, 0.15) is 0 Å². The lowest BCUT2D eigenvalue weighted by Crippen LogP contribution is -2.38. The van der Waals surface area contributed by atoms with Crippen molar-refractivity contribution in [2.45, 2.75) is 26.7 Å². The summed E-state index contributed by atoms with van der Waals surface area (Å²) >= 11 is 1.80. The van der Waals surface area contributed by atoms with Crippen LogP contribution in [0.25, 0.3) is 0 Å². The first-order valence-corrected chi connectivity index (χ1v) is 6.11. The van der Waals surface area contributed by atoms with Gasteiger partial charge in [0, 0.05) is 4.88 Å². The number of rotatable bonds is 1. The lowest BCUT2D eigenvalue weighted by atomic mass is 9.90. The third-order valence-corrected chi connectivity index (χ3v) is 3.83. The lowest BCUT2D eigenvalue weighted by molar-refractivity contribution is -0.0648. The van der Waals surface area contributed by atoms with Crippen molar-refractivity contribution in [3.8, 4) is 11.8 Å². The Hall–Kier alpha value is -0.780. The maximum absolute atomic E-state index is 5.17. The Morgan fingerprint density at radius 3 is 2.60 bits per heavy atom. The molecule has 1 saturated heterocycles. The van der Waals surface area contributed by atoms with E-state index in [0.29, 0.717) is 5.92 Å². The van der Waals surface area contributed by atoms with E-state index in [2.05, 4.69) is 44.7 Å². The van der Waals surface area contributed by atoms with Crippen molar-refractivity contribution in [2.24, 2.45) is 5.41 Å². The number of hydrogen-bond acceptors (Lipinski definition) is 2. The molecule has 0 unspecified atom stereocenters. The highest BCUT2D eigenvalue weighted by Crippen LogP contribution is 2.27. The second-order valence-electron chi connectivity index (χ2n) is 4.66. The van der Waals surface area contributed by atoms with E-state index in [1.54, 1.807) is 11.3 Å². The molecule has 0 saturated carbocycles. The van der Waals surface area contributed by atoms with Crippen LogP contribution in [0.5, 0.6) is 0 Å². The van der Waals surface area contributed by atoms with Gasteiger partial charge in [-0.1, -0.05) is 25.7 Å². The third kappa shape index (κ3) is 2.42. The highest BCUT2D eigenvalue weighted by atomic mass is 32.1. The van der Waals surface area contributed by atoms with Crippen LogP contribution in [-0.2, 0) is 4.74 Å². The number of ether oxygens (including phenoxy) is 1. The van der Waals surface area contributed by atoms with Crippen molar-refractivity contribution in [2.75, 3.05) is 13.2 Å². The number of thiophene rings is 1. The minimum absolute atomic E-state index is 0.0992. The Labute approximate surface area is 95.5 Å². The molecule has 2 heteroatoms. The van der Waals surface area contributed by atoms with Gasteiger partial charge in [-0.25, -0.2) is 0 Å². The smallest absolute Gasteiger partial charge is 0.0771 e. The largest absolute Gasteiger partial charge is 0.378 e. The fourth-order valence-electron chi connectivity index (χ4n) is 1.42. The van der Waals surface area contributed by atoms with Crippen LogP contribution in [0.1, 0.15) is 36.4 Å². The summed E-state index contributed by atoms with van der Waals surface area (Å²) in [5, 5.41) is 0. The Morgan fingerprint density at radius 1 is 1.40 bits per heavy atom. The topological polar surface area (TPSA) is 9.23 Å². The van der Waals surface area contributed by atoms with Crippen LogP contribution in [0.15, 0.2) is 12.1 Å². The Morgan fingerprint density at radius 2 is 2.13 bits per heavy atom. The normalized spacial score (nSPS) is 18.1. The fraction of sp³-hybridized carbons (Fsp3) is 0.538. The average molecular weight is 220 g/mol. The summed E-state index contributed by atoms with van der Waals surface area (Å²) in [5.41, 5.74) is 0.0992. The van der Waals surface area contributed by atoms with Gasteiger partial charge in [0.05, 0.1) is 23.5 Å². The van der Waals surface area contributed by atoms with Crippen LogP contribution in [0.3, 0.4) is 0 Å². The van der Waals surface area contributed by atoms with E-state index < -0.39 is 0 Å². The SMILES string of the molecule is CC(C)c1ccc(C#CC2(C)COC2)s1. The summed E-state index contributed by atoms with van der Waals surface area (Å²) in [6, 6.07) is 4.30.